The lowest BCUT2D eigenvalue weighted by Crippen LogP contribution is -2.40. The Kier molecular flexibility index (Phi) is 9.69. The maximum Gasteiger partial charge on any atom is 0.209 e. The molecule has 1 aliphatic carbocycles. The standard InChI is InChI=1S/C20H37NO4/c1-4-6-7-8-11-16-14-20(16,19(24)25)13-9-12-18(23)17(10-5-2)21(3)15-22/h8,11,15-19,23-25H,4-7,9-10,12-14H2,1-3H3/b11-8-/t16-,17+,18?,20-/m1/s1. The number of likely N-dealkylation sites (N-methyl/N-ethyl adjacent to an activating group) is 1. The number of carbonyl (C=O) groups excluding carboxylic acids is 1. The second-order valence-corrected chi connectivity index (χ2v) is 7.57. The molecule has 0 saturated heterocycles. The van der Waals surface area contributed by atoms with Crippen LogP contribution in [0.1, 0.15) is 71.6 Å². The molecular weight excluding hydrogens is 318 g/mol. The summed E-state index contributed by atoms with van der Waals surface area (Å²) in [7, 11) is 1.70. The first-order valence-corrected chi connectivity index (χ1v) is 9.81. The van der Waals surface area contributed by atoms with Crippen molar-refractivity contribution >= 4 is 6.41 Å². The van der Waals surface area contributed by atoms with Crippen molar-refractivity contribution in [2.45, 2.75) is 90.1 Å². The van der Waals surface area contributed by atoms with Gasteiger partial charge >= 0.3 is 0 Å². The lowest BCUT2D eigenvalue weighted by Gasteiger charge is -2.29. The molecule has 5 heteroatoms. The first kappa shape index (κ1) is 22.1. The quantitative estimate of drug-likeness (QED) is 0.194. The minimum Gasteiger partial charge on any atom is -0.391 e. The molecule has 1 fully saturated rings. The summed E-state index contributed by atoms with van der Waals surface area (Å²) >= 11 is 0. The van der Waals surface area contributed by atoms with Gasteiger partial charge in [0, 0.05) is 12.5 Å². The molecule has 1 unspecified atom stereocenters. The van der Waals surface area contributed by atoms with Crippen LogP contribution in [0.25, 0.3) is 0 Å². The number of aliphatic hydroxyl groups excluding tert-OH is 2. The average Bonchev–Trinajstić information content (AvgIpc) is 3.30. The molecule has 0 spiro atoms. The van der Waals surface area contributed by atoms with Crippen LogP contribution >= 0.6 is 0 Å². The van der Waals surface area contributed by atoms with Gasteiger partial charge in [-0.3, -0.25) is 4.79 Å². The second-order valence-electron chi connectivity index (χ2n) is 7.57. The number of carbonyl (C=O) groups is 1. The molecule has 0 aliphatic heterocycles. The fraction of sp³-hybridized carbons (Fsp3) is 0.850. The van der Waals surface area contributed by atoms with Gasteiger partial charge in [-0.05, 0) is 38.0 Å². The van der Waals surface area contributed by atoms with Crippen molar-refractivity contribution in [1.82, 2.24) is 4.90 Å². The van der Waals surface area contributed by atoms with Crippen molar-refractivity contribution in [2.24, 2.45) is 11.3 Å². The largest absolute Gasteiger partial charge is 0.391 e. The van der Waals surface area contributed by atoms with Crippen LogP contribution < -0.4 is 0 Å². The fourth-order valence-electron chi connectivity index (χ4n) is 3.78. The number of hydrogen-bond acceptors (Lipinski definition) is 4. The molecule has 3 N–H and O–H groups in total. The molecule has 0 aromatic rings. The first-order valence-electron chi connectivity index (χ1n) is 9.81. The number of rotatable bonds is 14. The third-order valence-corrected chi connectivity index (χ3v) is 5.65. The maximum absolute atomic E-state index is 11.0. The zero-order chi connectivity index (χ0) is 18.9. The molecule has 0 aromatic carbocycles. The van der Waals surface area contributed by atoms with Gasteiger partial charge in [-0.15, -0.1) is 0 Å². The Bertz CT molecular complexity index is 413. The lowest BCUT2D eigenvalue weighted by molar-refractivity contribution is -0.121. The zero-order valence-corrected chi connectivity index (χ0v) is 16.1. The van der Waals surface area contributed by atoms with Crippen molar-refractivity contribution in [2.75, 3.05) is 7.05 Å². The number of amides is 1. The van der Waals surface area contributed by atoms with Gasteiger partial charge in [0.25, 0.3) is 0 Å². The predicted octanol–water partition coefficient (Wildman–Crippen LogP) is 2.84. The molecular formula is C20H37NO4. The van der Waals surface area contributed by atoms with Crippen LogP contribution in [0.4, 0.5) is 0 Å². The zero-order valence-electron chi connectivity index (χ0n) is 16.1. The van der Waals surface area contributed by atoms with E-state index in [-0.39, 0.29) is 12.0 Å². The van der Waals surface area contributed by atoms with Gasteiger partial charge in [-0.25, -0.2) is 0 Å². The molecule has 146 valence electrons. The monoisotopic (exact) mass is 355 g/mol. The minimum atomic E-state index is -1.31. The summed E-state index contributed by atoms with van der Waals surface area (Å²) in [6.07, 6.45) is 11.0. The van der Waals surface area contributed by atoms with Crippen molar-refractivity contribution in [1.29, 1.82) is 0 Å². The van der Waals surface area contributed by atoms with Crippen LogP contribution in [-0.4, -0.2) is 52.1 Å². The van der Waals surface area contributed by atoms with E-state index in [0.29, 0.717) is 12.8 Å². The number of unbranched alkanes of at least 4 members (excludes halogenated alkanes) is 2. The Morgan fingerprint density at radius 3 is 2.44 bits per heavy atom. The molecule has 0 aromatic heterocycles. The molecule has 1 aliphatic rings. The Morgan fingerprint density at radius 2 is 1.88 bits per heavy atom. The average molecular weight is 356 g/mol. The van der Waals surface area contributed by atoms with Crippen LogP contribution in [0.3, 0.4) is 0 Å². The molecule has 0 bridgehead atoms. The summed E-state index contributed by atoms with van der Waals surface area (Å²) in [5.41, 5.74) is -0.445. The van der Waals surface area contributed by atoms with Gasteiger partial charge in [0.2, 0.25) is 6.41 Å². The summed E-state index contributed by atoms with van der Waals surface area (Å²) < 4.78 is 0. The molecule has 0 radical (unpaired) electrons. The summed E-state index contributed by atoms with van der Waals surface area (Å²) in [6, 6.07) is -0.165. The van der Waals surface area contributed by atoms with E-state index in [4.69, 9.17) is 0 Å². The highest BCUT2D eigenvalue weighted by molar-refractivity contribution is 5.47. The van der Waals surface area contributed by atoms with Crippen LogP contribution in [-0.2, 0) is 4.79 Å². The summed E-state index contributed by atoms with van der Waals surface area (Å²) in [5.74, 6) is 0.227. The molecule has 0 heterocycles. The Morgan fingerprint density at radius 1 is 1.16 bits per heavy atom. The second kappa shape index (κ2) is 10.9. The van der Waals surface area contributed by atoms with Gasteiger partial charge in [-0.2, -0.15) is 0 Å². The normalized spacial score (nSPS) is 25.3. The summed E-state index contributed by atoms with van der Waals surface area (Å²) in [6.45, 7) is 4.20. The summed E-state index contributed by atoms with van der Waals surface area (Å²) in [5, 5.41) is 30.0. The highest BCUT2D eigenvalue weighted by atomic mass is 16.5. The number of nitrogens with zero attached hydrogens (tertiary/aromatic N) is 1. The van der Waals surface area contributed by atoms with E-state index in [1.54, 1.807) is 11.9 Å². The van der Waals surface area contributed by atoms with Crippen LogP contribution in [0.5, 0.6) is 0 Å². The summed E-state index contributed by atoms with van der Waals surface area (Å²) in [4.78, 5) is 12.5. The van der Waals surface area contributed by atoms with Gasteiger partial charge in [-0.1, -0.05) is 51.7 Å². The van der Waals surface area contributed by atoms with Gasteiger partial charge in [0.15, 0.2) is 6.29 Å². The topological polar surface area (TPSA) is 81.0 Å². The third-order valence-electron chi connectivity index (χ3n) is 5.65. The van der Waals surface area contributed by atoms with Gasteiger partial charge in [0.05, 0.1) is 12.1 Å². The molecule has 1 rings (SSSR count). The molecule has 1 saturated carbocycles. The molecule has 5 nitrogen and oxygen atoms in total. The van der Waals surface area contributed by atoms with E-state index in [1.807, 2.05) is 6.92 Å². The van der Waals surface area contributed by atoms with E-state index in [1.165, 1.54) is 0 Å². The molecule has 1 amide bonds. The Hall–Kier alpha value is -0.910. The maximum atomic E-state index is 11.0. The highest BCUT2D eigenvalue weighted by Gasteiger charge is 2.56. The van der Waals surface area contributed by atoms with Crippen molar-refractivity contribution in [3.05, 3.63) is 12.2 Å². The third kappa shape index (κ3) is 6.39. The number of hydrogen-bond donors (Lipinski definition) is 3. The van der Waals surface area contributed by atoms with Crippen LogP contribution in [0.2, 0.25) is 0 Å². The van der Waals surface area contributed by atoms with Crippen LogP contribution in [0.15, 0.2) is 12.2 Å². The highest BCUT2D eigenvalue weighted by Crippen LogP contribution is 2.58. The lowest BCUT2D eigenvalue weighted by atomic mass is 9.92. The smallest absolute Gasteiger partial charge is 0.209 e. The van der Waals surface area contributed by atoms with E-state index in [9.17, 15) is 20.1 Å². The number of aliphatic hydroxyl groups is 3. The Labute approximate surface area is 152 Å². The van der Waals surface area contributed by atoms with Gasteiger partial charge in [0.1, 0.15) is 0 Å². The SMILES string of the molecule is CCCC/C=C\[C@@H]1C[C@@]1(CCCC(O)[C@H](CCC)N(C)C=O)C(O)O. The molecule has 25 heavy (non-hydrogen) atoms. The van der Waals surface area contributed by atoms with E-state index in [2.05, 4.69) is 19.1 Å². The van der Waals surface area contributed by atoms with Gasteiger partial charge < -0.3 is 20.2 Å². The molecule has 4 atom stereocenters. The van der Waals surface area contributed by atoms with Crippen molar-refractivity contribution in [3.8, 4) is 0 Å². The first-order chi connectivity index (χ1) is 11.9. The predicted molar refractivity (Wildman–Crippen MR) is 99.8 cm³/mol. The Balaban J connectivity index is 2.48. The van der Waals surface area contributed by atoms with E-state index in [0.717, 1.165) is 51.4 Å². The minimum absolute atomic E-state index is 0.165. The number of allylic oxidation sites excluding steroid dienone is 2. The van der Waals surface area contributed by atoms with Crippen LogP contribution in [0, 0.1) is 11.3 Å². The fourth-order valence-corrected chi connectivity index (χ4v) is 3.78. The van der Waals surface area contributed by atoms with E-state index >= 15 is 0 Å². The van der Waals surface area contributed by atoms with Crippen molar-refractivity contribution in [3.63, 3.8) is 0 Å². The van der Waals surface area contributed by atoms with E-state index < -0.39 is 17.8 Å². The van der Waals surface area contributed by atoms with Crippen molar-refractivity contribution < 1.29 is 20.1 Å².